The number of aliphatic carboxylic acids is 1. The average molecular weight is 604 g/mol. The monoisotopic (exact) mass is 600 g/mol. The van der Waals surface area contributed by atoms with Crippen LogP contribution in [-0.2, 0) is 30.7 Å². The van der Waals surface area contributed by atoms with E-state index in [0.29, 0.717) is 36.6 Å². The zero-order chi connectivity index (χ0) is 22.8. The van der Waals surface area contributed by atoms with Gasteiger partial charge in [0.05, 0.1) is 17.3 Å². The Hall–Kier alpha value is 0.520. The van der Waals surface area contributed by atoms with Gasteiger partial charge in [0.1, 0.15) is 0 Å². The molecule has 0 saturated heterocycles. The first kappa shape index (κ1) is 29.5. The Morgan fingerprint density at radius 1 is 0.862 bits per heavy atom. The summed E-state index contributed by atoms with van der Waals surface area (Å²) >= 11 is 30.7. The van der Waals surface area contributed by atoms with Crippen LogP contribution in [0.25, 0.3) is 0 Å². The summed E-state index contributed by atoms with van der Waals surface area (Å²) in [4.78, 5) is 20.6. The first-order chi connectivity index (χ1) is 13.2. The molecule has 164 valence electrons. The van der Waals surface area contributed by atoms with Gasteiger partial charge in [-0.2, -0.15) is 8.42 Å². The number of carbonyl (C=O) groups is 2. The second-order valence-corrected chi connectivity index (χ2v) is 13.5. The normalized spacial score (nSPS) is 10.4. The summed E-state index contributed by atoms with van der Waals surface area (Å²) in [6.07, 6.45) is 1.39. The fourth-order valence-corrected chi connectivity index (χ4v) is 4.75. The number of hydrogen-bond acceptors (Lipinski definition) is 6. The standard InChI is InChI=1S/C7H5Cl3OS.C7H6Cl2O2S.Cl2O2S/c8-5(11)2-1-4-3-6(9)12-7(4)10;8-5-3-4(7(9)12-5)1-2-6(10)11;1-5(2,3)4/h3H,1-2H2;3H,1-2H2,(H,10,11);. The lowest BCUT2D eigenvalue weighted by Gasteiger charge is -1.92. The molecule has 0 bridgehead atoms. The third-order valence-electron chi connectivity index (χ3n) is 2.65. The summed E-state index contributed by atoms with van der Waals surface area (Å²) in [5.41, 5.74) is 1.70. The molecule has 5 nitrogen and oxygen atoms in total. The quantitative estimate of drug-likeness (QED) is 0.345. The number of carbonyl (C=O) groups excluding carboxylic acids is 1. The van der Waals surface area contributed by atoms with Gasteiger partial charge < -0.3 is 5.11 Å². The van der Waals surface area contributed by atoms with Crippen LogP contribution in [0.1, 0.15) is 24.0 Å². The molecule has 2 heterocycles. The van der Waals surface area contributed by atoms with Crippen molar-refractivity contribution in [2.75, 3.05) is 0 Å². The van der Waals surface area contributed by atoms with Crippen molar-refractivity contribution in [1.29, 1.82) is 0 Å². The molecule has 0 amide bonds. The maximum absolute atomic E-state index is 10.4. The molecule has 0 aromatic carbocycles. The minimum Gasteiger partial charge on any atom is -0.481 e. The second-order valence-electron chi connectivity index (χ2n) is 4.83. The van der Waals surface area contributed by atoms with Crippen LogP contribution in [0.2, 0.25) is 17.3 Å². The van der Waals surface area contributed by atoms with E-state index in [4.69, 9.17) is 71.5 Å². The van der Waals surface area contributed by atoms with E-state index >= 15 is 0 Å². The van der Waals surface area contributed by atoms with E-state index in [1.165, 1.54) is 22.7 Å². The van der Waals surface area contributed by atoms with E-state index in [0.717, 1.165) is 11.1 Å². The minimum absolute atomic E-state index is 0.0901. The van der Waals surface area contributed by atoms with Crippen LogP contribution in [0.15, 0.2) is 12.1 Å². The number of carboxylic acid groups (broad SMARTS) is 1. The molecule has 0 unspecified atom stereocenters. The lowest BCUT2D eigenvalue weighted by atomic mass is 10.2. The van der Waals surface area contributed by atoms with E-state index in [1.807, 2.05) is 0 Å². The molecule has 0 aliphatic rings. The third-order valence-corrected chi connectivity index (χ3v) is 5.98. The molecule has 15 heteroatoms. The highest BCUT2D eigenvalue weighted by atomic mass is 36.0. The fraction of sp³-hybridized carbons (Fsp3) is 0.286. The maximum atomic E-state index is 10.4. The van der Waals surface area contributed by atoms with Crippen LogP contribution in [-0.4, -0.2) is 24.7 Å². The lowest BCUT2D eigenvalue weighted by molar-refractivity contribution is -0.137. The van der Waals surface area contributed by atoms with Crippen LogP contribution >= 0.6 is 102 Å². The van der Waals surface area contributed by atoms with Crippen molar-refractivity contribution in [2.24, 2.45) is 0 Å². The van der Waals surface area contributed by atoms with E-state index in [9.17, 15) is 9.59 Å². The molecule has 2 aromatic heterocycles. The van der Waals surface area contributed by atoms with Crippen molar-refractivity contribution in [1.82, 2.24) is 0 Å². The molecule has 0 spiro atoms. The predicted molar refractivity (Wildman–Crippen MR) is 124 cm³/mol. The molecule has 29 heavy (non-hydrogen) atoms. The summed E-state index contributed by atoms with van der Waals surface area (Å²) < 4.78 is 20.8. The molecule has 0 atom stereocenters. The summed E-state index contributed by atoms with van der Waals surface area (Å²) in [5, 5.41) is 8.05. The molecule has 2 rings (SSSR count). The van der Waals surface area contributed by atoms with Gasteiger partial charge in [0, 0.05) is 34.2 Å². The predicted octanol–water partition coefficient (Wildman–Crippen LogP) is 7.53. The van der Waals surface area contributed by atoms with E-state index < -0.39 is 14.2 Å². The van der Waals surface area contributed by atoms with Crippen molar-refractivity contribution in [3.05, 3.63) is 40.6 Å². The van der Waals surface area contributed by atoms with Gasteiger partial charge in [0.2, 0.25) is 5.24 Å². The maximum Gasteiger partial charge on any atom is 0.317 e. The van der Waals surface area contributed by atoms with Gasteiger partial charge in [-0.1, -0.05) is 46.4 Å². The average Bonchev–Trinajstić information content (AvgIpc) is 3.02. The lowest BCUT2D eigenvalue weighted by Crippen LogP contribution is -1.96. The summed E-state index contributed by atoms with van der Waals surface area (Å²) in [6, 6.07) is 3.46. The van der Waals surface area contributed by atoms with Crippen molar-refractivity contribution < 1.29 is 23.1 Å². The minimum atomic E-state index is -3.72. The Morgan fingerprint density at radius 3 is 1.45 bits per heavy atom. The largest absolute Gasteiger partial charge is 0.481 e. The number of aryl methyl sites for hydroxylation is 2. The molecule has 0 saturated carbocycles. The van der Waals surface area contributed by atoms with E-state index in [2.05, 4.69) is 21.4 Å². The molecular formula is C14H11Cl7O5S3. The molecule has 0 aliphatic heterocycles. The highest BCUT2D eigenvalue weighted by Gasteiger charge is 2.08. The first-order valence-corrected chi connectivity index (χ1v) is 13.8. The smallest absolute Gasteiger partial charge is 0.317 e. The van der Waals surface area contributed by atoms with Gasteiger partial charge in [-0.15, -0.1) is 22.7 Å². The summed E-state index contributed by atoms with van der Waals surface area (Å²) in [7, 11) is 4.81. The zero-order valence-electron chi connectivity index (χ0n) is 13.9. The molecule has 0 aliphatic carbocycles. The van der Waals surface area contributed by atoms with Crippen LogP contribution in [0.3, 0.4) is 0 Å². The van der Waals surface area contributed by atoms with E-state index in [1.54, 1.807) is 12.1 Å². The van der Waals surface area contributed by atoms with Crippen LogP contribution in [0.5, 0.6) is 0 Å². The topological polar surface area (TPSA) is 88.5 Å². The summed E-state index contributed by atoms with van der Waals surface area (Å²) in [6.45, 7) is 0. The zero-order valence-corrected chi connectivity index (χ0v) is 21.7. The van der Waals surface area contributed by atoms with Gasteiger partial charge in [-0.3, -0.25) is 9.59 Å². The first-order valence-electron chi connectivity index (χ1n) is 7.10. The summed E-state index contributed by atoms with van der Waals surface area (Å²) in [5.74, 6) is -0.826. The highest BCUT2D eigenvalue weighted by Crippen LogP contribution is 2.32. The number of hydrogen-bond donors (Lipinski definition) is 1. The molecule has 2 aromatic rings. The number of thiophene rings is 2. The Kier molecular flexibility index (Phi) is 14.8. The van der Waals surface area contributed by atoms with Gasteiger partial charge in [0.25, 0.3) is 0 Å². The second kappa shape index (κ2) is 14.6. The van der Waals surface area contributed by atoms with Crippen LogP contribution in [0.4, 0.5) is 0 Å². The SMILES string of the molecule is O=C(Cl)CCc1cc(Cl)sc1Cl.O=C(O)CCc1cc(Cl)sc1Cl.O=S(=O)(Cl)Cl. The Bertz CT molecular complexity index is 856. The van der Waals surface area contributed by atoms with Crippen molar-refractivity contribution >= 4 is 122 Å². The van der Waals surface area contributed by atoms with Crippen LogP contribution in [0, 0.1) is 0 Å². The van der Waals surface area contributed by atoms with Crippen molar-refractivity contribution in [2.45, 2.75) is 25.7 Å². The number of carboxylic acids is 1. The molecule has 0 fully saturated rings. The van der Waals surface area contributed by atoms with Gasteiger partial charge >= 0.3 is 14.2 Å². The molecule has 1 N–H and O–H groups in total. The number of rotatable bonds is 6. The Balaban J connectivity index is 0.000000442. The fourth-order valence-electron chi connectivity index (χ4n) is 1.56. The third kappa shape index (κ3) is 16.8. The Labute approximate surface area is 209 Å². The number of halogens is 7. The van der Waals surface area contributed by atoms with Gasteiger partial charge in [-0.25, -0.2) is 0 Å². The van der Waals surface area contributed by atoms with Crippen molar-refractivity contribution in [3.8, 4) is 0 Å². The van der Waals surface area contributed by atoms with Gasteiger partial charge in [-0.05, 0) is 47.7 Å². The van der Waals surface area contributed by atoms with Crippen LogP contribution < -0.4 is 0 Å². The molecular weight excluding hydrogens is 593 g/mol. The highest BCUT2D eigenvalue weighted by molar-refractivity contribution is 8.31. The Morgan fingerprint density at radius 2 is 1.21 bits per heavy atom. The van der Waals surface area contributed by atoms with Gasteiger partial charge in [0.15, 0.2) is 0 Å². The van der Waals surface area contributed by atoms with E-state index in [-0.39, 0.29) is 11.7 Å². The molecule has 0 radical (unpaired) electrons. The van der Waals surface area contributed by atoms with Crippen molar-refractivity contribution in [3.63, 3.8) is 0 Å².